The Kier molecular flexibility index (Phi) is 5.60. The summed E-state index contributed by atoms with van der Waals surface area (Å²) in [6, 6.07) is 14.7. The first-order valence-corrected chi connectivity index (χ1v) is 9.40. The molecule has 4 N–H and O–H groups in total. The molecule has 3 rings (SSSR count). The molecule has 0 aliphatic heterocycles. The number of carbonyl (C=O) groups is 3. The van der Waals surface area contributed by atoms with Crippen molar-refractivity contribution in [1.29, 1.82) is 0 Å². The second-order valence-electron chi connectivity index (χ2n) is 6.62. The van der Waals surface area contributed by atoms with Gasteiger partial charge in [-0.1, -0.05) is 40.2 Å². The van der Waals surface area contributed by atoms with Crippen LogP contribution in [0.3, 0.4) is 0 Å². The van der Waals surface area contributed by atoms with Crippen LogP contribution in [-0.2, 0) is 21.5 Å². The summed E-state index contributed by atoms with van der Waals surface area (Å²) in [4.78, 5) is 35.2. The molecule has 0 saturated heterocycles. The normalized spacial score (nSPS) is 14.3. The lowest BCUT2D eigenvalue weighted by molar-refractivity contribution is -0.123. The summed E-state index contributed by atoms with van der Waals surface area (Å²) >= 11 is 3.41. The van der Waals surface area contributed by atoms with E-state index in [0.29, 0.717) is 12.1 Å². The molecule has 27 heavy (non-hydrogen) atoms. The fourth-order valence-corrected chi connectivity index (χ4v) is 3.20. The molecule has 2 aromatic carbocycles. The third-order valence-electron chi connectivity index (χ3n) is 4.67. The van der Waals surface area contributed by atoms with E-state index in [1.807, 2.05) is 24.3 Å². The van der Waals surface area contributed by atoms with Crippen LogP contribution in [0.15, 0.2) is 53.0 Å². The summed E-state index contributed by atoms with van der Waals surface area (Å²) in [5.74, 6) is -0.938. The maximum atomic E-state index is 12.7. The first-order valence-electron chi connectivity index (χ1n) is 8.60. The van der Waals surface area contributed by atoms with Gasteiger partial charge < -0.3 is 16.4 Å². The van der Waals surface area contributed by atoms with Crippen LogP contribution in [-0.4, -0.2) is 24.3 Å². The molecule has 1 aliphatic carbocycles. The van der Waals surface area contributed by atoms with Crippen LogP contribution in [0.25, 0.3) is 0 Å². The van der Waals surface area contributed by atoms with Gasteiger partial charge in [-0.15, -0.1) is 0 Å². The van der Waals surface area contributed by atoms with E-state index in [1.54, 1.807) is 24.3 Å². The highest BCUT2D eigenvalue weighted by molar-refractivity contribution is 9.10. The minimum atomic E-state index is -0.595. The molecule has 2 aromatic rings. The number of benzene rings is 2. The Bertz CT molecular complexity index is 859. The van der Waals surface area contributed by atoms with Gasteiger partial charge in [0.15, 0.2) is 0 Å². The predicted molar refractivity (Wildman–Crippen MR) is 105 cm³/mol. The SMILES string of the molecule is NC(=O)CNC(=O)c1ccc(CNC(=O)C2(c3ccc(Br)cc3)CC2)cc1. The van der Waals surface area contributed by atoms with E-state index in [2.05, 4.69) is 26.6 Å². The molecule has 0 spiro atoms. The molecule has 1 aliphatic rings. The van der Waals surface area contributed by atoms with Gasteiger partial charge in [-0.05, 0) is 48.2 Å². The zero-order valence-corrected chi connectivity index (χ0v) is 16.2. The van der Waals surface area contributed by atoms with Gasteiger partial charge in [-0.2, -0.15) is 0 Å². The second kappa shape index (κ2) is 7.92. The first-order chi connectivity index (χ1) is 12.9. The zero-order valence-electron chi connectivity index (χ0n) is 14.6. The minimum absolute atomic E-state index is 0.0214. The summed E-state index contributed by atoms with van der Waals surface area (Å²) in [5, 5.41) is 5.42. The van der Waals surface area contributed by atoms with E-state index in [0.717, 1.165) is 28.4 Å². The van der Waals surface area contributed by atoms with Crippen molar-refractivity contribution in [3.05, 3.63) is 69.7 Å². The predicted octanol–water partition coefficient (Wildman–Crippen LogP) is 2.01. The number of nitrogens with two attached hydrogens (primary N) is 1. The topological polar surface area (TPSA) is 101 Å². The van der Waals surface area contributed by atoms with Gasteiger partial charge in [0.2, 0.25) is 11.8 Å². The van der Waals surface area contributed by atoms with Gasteiger partial charge in [-0.25, -0.2) is 0 Å². The smallest absolute Gasteiger partial charge is 0.251 e. The lowest BCUT2D eigenvalue weighted by atomic mass is 9.95. The molecule has 0 aromatic heterocycles. The number of hydrogen-bond donors (Lipinski definition) is 3. The average molecular weight is 430 g/mol. The molecule has 7 heteroatoms. The quantitative estimate of drug-likeness (QED) is 0.627. The molecule has 0 bridgehead atoms. The standard InChI is InChI=1S/C20H20BrN3O3/c21-16-7-5-15(6-8-16)20(9-10-20)19(27)24-11-13-1-3-14(4-2-13)18(26)23-12-17(22)25/h1-8H,9-12H2,(H2,22,25)(H,23,26)(H,24,27). The fraction of sp³-hybridized carbons (Fsp3) is 0.250. The van der Waals surface area contributed by atoms with Gasteiger partial charge in [0, 0.05) is 16.6 Å². The number of hydrogen-bond acceptors (Lipinski definition) is 3. The molecule has 6 nitrogen and oxygen atoms in total. The van der Waals surface area contributed by atoms with Gasteiger partial charge in [-0.3, -0.25) is 14.4 Å². The summed E-state index contributed by atoms with van der Waals surface area (Å²) in [6.45, 7) is 0.190. The van der Waals surface area contributed by atoms with Crippen LogP contribution < -0.4 is 16.4 Å². The Hall–Kier alpha value is -2.67. The monoisotopic (exact) mass is 429 g/mol. The molecular formula is C20H20BrN3O3. The van der Waals surface area contributed by atoms with E-state index in [-0.39, 0.29) is 18.4 Å². The second-order valence-corrected chi connectivity index (χ2v) is 7.53. The summed E-state index contributed by atoms with van der Waals surface area (Å²) in [7, 11) is 0. The Labute approximate surface area is 165 Å². The number of rotatable bonds is 7. The summed E-state index contributed by atoms with van der Waals surface area (Å²) in [5.41, 5.74) is 6.94. The van der Waals surface area contributed by atoms with Crippen molar-refractivity contribution in [3.8, 4) is 0 Å². The summed E-state index contributed by atoms with van der Waals surface area (Å²) < 4.78 is 0.988. The molecule has 140 valence electrons. The van der Waals surface area contributed by atoms with Crippen molar-refractivity contribution in [2.24, 2.45) is 5.73 Å². The van der Waals surface area contributed by atoms with Crippen molar-refractivity contribution in [1.82, 2.24) is 10.6 Å². The number of carbonyl (C=O) groups excluding carboxylic acids is 3. The van der Waals surface area contributed by atoms with Gasteiger partial charge >= 0.3 is 0 Å². The molecule has 0 unspecified atom stereocenters. The Morgan fingerprint density at radius 3 is 2.15 bits per heavy atom. The summed E-state index contributed by atoms with van der Waals surface area (Å²) in [6.07, 6.45) is 1.69. The molecule has 0 heterocycles. The van der Waals surface area contributed by atoms with Crippen molar-refractivity contribution in [2.45, 2.75) is 24.8 Å². The van der Waals surface area contributed by atoms with Crippen LogP contribution in [0.4, 0.5) is 0 Å². The Morgan fingerprint density at radius 2 is 1.59 bits per heavy atom. The molecule has 1 saturated carbocycles. The van der Waals surface area contributed by atoms with Gasteiger partial charge in [0.25, 0.3) is 5.91 Å². The van der Waals surface area contributed by atoms with Crippen LogP contribution in [0.2, 0.25) is 0 Å². The van der Waals surface area contributed by atoms with E-state index in [9.17, 15) is 14.4 Å². The minimum Gasteiger partial charge on any atom is -0.368 e. The van der Waals surface area contributed by atoms with E-state index in [1.165, 1.54) is 0 Å². The van der Waals surface area contributed by atoms with Crippen LogP contribution >= 0.6 is 15.9 Å². The van der Waals surface area contributed by atoms with Crippen molar-refractivity contribution < 1.29 is 14.4 Å². The van der Waals surface area contributed by atoms with Gasteiger partial charge in [0.05, 0.1) is 12.0 Å². The number of primary amides is 1. The average Bonchev–Trinajstić information content (AvgIpc) is 3.47. The van der Waals surface area contributed by atoms with Gasteiger partial charge in [0.1, 0.15) is 0 Å². The maximum Gasteiger partial charge on any atom is 0.251 e. The van der Waals surface area contributed by atoms with Crippen molar-refractivity contribution in [3.63, 3.8) is 0 Å². The third kappa shape index (κ3) is 4.54. The first kappa shape index (κ1) is 19.1. The van der Waals surface area contributed by atoms with Crippen LogP contribution in [0.5, 0.6) is 0 Å². The molecular weight excluding hydrogens is 410 g/mol. The van der Waals surface area contributed by atoms with Crippen LogP contribution in [0.1, 0.15) is 34.3 Å². The highest BCUT2D eigenvalue weighted by atomic mass is 79.9. The van der Waals surface area contributed by atoms with E-state index in [4.69, 9.17) is 5.73 Å². The highest BCUT2D eigenvalue weighted by Crippen LogP contribution is 2.48. The Morgan fingerprint density at radius 1 is 0.963 bits per heavy atom. The Balaban J connectivity index is 1.57. The lowest BCUT2D eigenvalue weighted by Crippen LogP contribution is -2.34. The number of halogens is 1. The molecule has 0 radical (unpaired) electrons. The highest BCUT2D eigenvalue weighted by Gasteiger charge is 2.50. The van der Waals surface area contributed by atoms with E-state index >= 15 is 0 Å². The number of nitrogens with one attached hydrogen (secondary N) is 2. The van der Waals surface area contributed by atoms with Crippen molar-refractivity contribution in [2.75, 3.05) is 6.54 Å². The maximum absolute atomic E-state index is 12.7. The lowest BCUT2D eigenvalue weighted by Gasteiger charge is -2.16. The zero-order chi connectivity index (χ0) is 19.4. The molecule has 3 amide bonds. The fourth-order valence-electron chi connectivity index (χ4n) is 2.94. The molecule has 0 atom stereocenters. The van der Waals surface area contributed by atoms with Crippen molar-refractivity contribution >= 4 is 33.7 Å². The largest absolute Gasteiger partial charge is 0.368 e. The van der Waals surface area contributed by atoms with Crippen LogP contribution in [0, 0.1) is 0 Å². The number of amides is 3. The molecule has 1 fully saturated rings. The van der Waals surface area contributed by atoms with E-state index < -0.39 is 11.3 Å². The third-order valence-corrected chi connectivity index (χ3v) is 5.20.